The largest absolute Gasteiger partial charge is 0.491 e. The number of hydrogen-bond acceptors (Lipinski definition) is 25. The number of azo groups is 4. The topological polar surface area (TPSA) is 503 Å². The van der Waals surface area contributed by atoms with Crippen molar-refractivity contribution in [3.8, 4) is 23.0 Å². The number of rotatable bonds is 28. The SMILES string of the molecule is CCOc1cc(N=Nc2cc(C)c(NC(=O)Nc3cc(C)c(N=Nc4cc(OCC)c(N=Nc5ccc(S(=O)(=O)O)cc5S(=O)(=O)O)cc4OCCCS(=O)(=O)O)cc3C)cc2C)c(OCCCS(=O)(=O)O)cc1N=Nc1ccc(S(=O)(=O)O)cc1S(=O)(=O)O. The zero-order valence-corrected chi connectivity index (χ0v) is 52.8. The van der Waals surface area contributed by atoms with Gasteiger partial charge in [0.1, 0.15) is 66.9 Å². The number of benzene rings is 6. The third kappa shape index (κ3) is 20.3. The van der Waals surface area contributed by atoms with Crippen LogP contribution in [0.3, 0.4) is 0 Å². The first kappa shape index (κ1) is 70.7. The first-order chi connectivity index (χ1) is 41.8. The summed E-state index contributed by atoms with van der Waals surface area (Å²) in [6.45, 7) is 9.38. The highest BCUT2D eigenvalue weighted by molar-refractivity contribution is 7.87. The zero-order chi connectivity index (χ0) is 66.7. The Morgan fingerprint density at radius 3 is 0.967 bits per heavy atom. The molecule has 8 N–H and O–H groups in total. The van der Waals surface area contributed by atoms with Crippen molar-refractivity contribution in [1.82, 2.24) is 0 Å². The molecule has 0 saturated heterocycles. The summed E-state index contributed by atoms with van der Waals surface area (Å²) in [7, 11) is -28.9. The van der Waals surface area contributed by atoms with E-state index in [1.807, 2.05) is 0 Å². The molecule has 2 amide bonds. The van der Waals surface area contributed by atoms with E-state index in [2.05, 4.69) is 51.5 Å². The van der Waals surface area contributed by atoms with Crippen LogP contribution in [-0.2, 0) is 60.7 Å². The Balaban J connectivity index is 1.25. The predicted octanol–water partition coefficient (Wildman–Crippen LogP) is 11.3. The second-order valence-electron chi connectivity index (χ2n) is 18.9. The quantitative estimate of drug-likeness (QED) is 0.0128. The standard InChI is InChI=1S/C51H56N10O23S6/c1-7-81-45-25-43(47(83-15-9-17-85(63,64)65)27-41(45)58-54-35-13-11-33(87(69,70)71)23-49(35)89(75,76)77)60-56-39-21-29(3)37(19-31(39)5)52-51(62)53-38-20-32(6)40(22-30(38)4)57-61-44-26-46(82-8-2)42(28-48(44)84-16-10-18-86(66,67)68)59-55-36-14-12-34(88(72,73)74)24-50(36)90(78,79)80/h11-14,19-28H,7-10,15-18H2,1-6H3,(H2,52,53,62)(H,63,64,65)(H,66,67,68)(H,69,70,71)(H,72,73,74)(H,75,76,77)(H,78,79,80). The third-order valence-corrected chi connectivity index (χ3v) is 17.0. The van der Waals surface area contributed by atoms with Crippen LogP contribution in [-0.4, -0.2) is 122 Å². The fraction of sp³-hybridized carbons (Fsp3) is 0.275. The molecule has 0 fully saturated rings. The van der Waals surface area contributed by atoms with Crippen LogP contribution in [0.25, 0.3) is 0 Å². The van der Waals surface area contributed by atoms with Crippen molar-refractivity contribution in [3.05, 3.63) is 107 Å². The average Bonchev–Trinajstić information content (AvgIpc) is 0.932. The van der Waals surface area contributed by atoms with Crippen molar-refractivity contribution in [2.45, 2.75) is 74.0 Å². The van der Waals surface area contributed by atoms with E-state index in [0.29, 0.717) is 57.1 Å². The van der Waals surface area contributed by atoms with Crippen LogP contribution in [0.15, 0.2) is 145 Å². The molecule has 0 heterocycles. The summed E-state index contributed by atoms with van der Waals surface area (Å²) in [5, 5.41) is 38.9. The lowest BCUT2D eigenvalue weighted by Crippen LogP contribution is -2.20. The molecule has 0 spiro atoms. The van der Waals surface area contributed by atoms with Gasteiger partial charge in [-0.3, -0.25) is 27.3 Å². The number of amides is 2. The van der Waals surface area contributed by atoms with Gasteiger partial charge in [-0.25, -0.2) is 4.79 Å². The zero-order valence-electron chi connectivity index (χ0n) is 47.9. The van der Waals surface area contributed by atoms with E-state index < -0.39 is 109 Å². The monoisotopic (exact) mass is 1370 g/mol. The smallest absolute Gasteiger partial charge is 0.323 e. The van der Waals surface area contributed by atoms with Crippen molar-refractivity contribution in [2.75, 3.05) is 48.6 Å². The van der Waals surface area contributed by atoms with Crippen molar-refractivity contribution in [1.29, 1.82) is 0 Å². The highest BCUT2D eigenvalue weighted by atomic mass is 32.2. The van der Waals surface area contributed by atoms with Crippen LogP contribution in [0.1, 0.15) is 48.9 Å². The second-order valence-corrected chi connectivity index (χ2v) is 27.6. The third-order valence-electron chi connectivity index (χ3n) is 11.9. The minimum absolute atomic E-state index is 0.0103. The van der Waals surface area contributed by atoms with Crippen LogP contribution in [0.4, 0.5) is 61.7 Å². The number of nitrogens with zero attached hydrogens (tertiary/aromatic N) is 8. The lowest BCUT2D eigenvalue weighted by atomic mass is 10.1. The van der Waals surface area contributed by atoms with Gasteiger partial charge in [0.05, 0.1) is 59.1 Å². The summed E-state index contributed by atoms with van der Waals surface area (Å²) in [6.07, 6.45) is -0.398. The van der Waals surface area contributed by atoms with Gasteiger partial charge in [0, 0.05) is 35.6 Å². The molecule has 90 heavy (non-hydrogen) atoms. The highest BCUT2D eigenvalue weighted by Crippen LogP contribution is 2.45. The molecule has 6 rings (SSSR count). The van der Waals surface area contributed by atoms with E-state index in [1.54, 1.807) is 65.8 Å². The number of carbonyl (C=O) groups is 1. The molecule has 0 aromatic heterocycles. The Labute approximate surface area is 515 Å². The molecular weight excluding hydrogens is 1310 g/mol. The van der Waals surface area contributed by atoms with E-state index in [4.69, 9.17) is 18.9 Å². The second kappa shape index (κ2) is 29.1. The van der Waals surface area contributed by atoms with Gasteiger partial charge in [0.25, 0.3) is 60.7 Å². The number of hydrogen-bond donors (Lipinski definition) is 8. The Kier molecular flexibility index (Phi) is 22.9. The Morgan fingerprint density at radius 1 is 0.378 bits per heavy atom. The molecule has 0 aliphatic heterocycles. The minimum atomic E-state index is -5.13. The number of ether oxygens (including phenoxy) is 4. The normalized spacial score (nSPS) is 12.8. The Morgan fingerprint density at radius 2 is 0.678 bits per heavy atom. The molecule has 0 atom stereocenters. The maximum absolute atomic E-state index is 13.6. The van der Waals surface area contributed by atoms with Crippen molar-refractivity contribution in [2.24, 2.45) is 40.9 Å². The highest BCUT2D eigenvalue weighted by Gasteiger charge is 2.24. The van der Waals surface area contributed by atoms with Gasteiger partial charge < -0.3 is 29.6 Å². The molecule has 484 valence electrons. The summed E-state index contributed by atoms with van der Waals surface area (Å²) in [5.41, 5.74) is 1.94. The van der Waals surface area contributed by atoms with Gasteiger partial charge in [0.2, 0.25) is 0 Å². The molecular formula is C51H56N10O23S6. The molecule has 0 unspecified atom stereocenters. The number of nitrogens with one attached hydrogen (secondary N) is 2. The summed E-state index contributed by atoms with van der Waals surface area (Å²) < 4.78 is 222. The summed E-state index contributed by atoms with van der Waals surface area (Å²) in [4.78, 5) is 9.80. The predicted molar refractivity (Wildman–Crippen MR) is 322 cm³/mol. The van der Waals surface area contributed by atoms with Crippen LogP contribution < -0.4 is 29.6 Å². The fourth-order valence-corrected chi connectivity index (χ4v) is 11.1. The molecule has 0 aliphatic rings. The number of anilines is 2. The van der Waals surface area contributed by atoms with Gasteiger partial charge in [-0.05, 0) is 137 Å². The van der Waals surface area contributed by atoms with E-state index in [-0.39, 0.29) is 85.0 Å². The van der Waals surface area contributed by atoms with Crippen molar-refractivity contribution < 1.29 is 102 Å². The van der Waals surface area contributed by atoms with Crippen LogP contribution in [0.2, 0.25) is 0 Å². The van der Waals surface area contributed by atoms with Crippen LogP contribution in [0.5, 0.6) is 23.0 Å². The van der Waals surface area contributed by atoms with E-state index in [0.717, 1.165) is 24.3 Å². The van der Waals surface area contributed by atoms with E-state index in [1.165, 1.54) is 24.3 Å². The molecule has 6 aromatic rings. The minimum Gasteiger partial charge on any atom is -0.491 e. The first-order valence-corrected chi connectivity index (χ1v) is 34.7. The van der Waals surface area contributed by atoms with Crippen molar-refractivity contribution >= 4 is 124 Å². The average molecular weight is 1370 g/mol. The van der Waals surface area contributed by atoms with E-state index >= 15 is 0 Å². The maximum atomic E-state index is 13.6. The Hall–Kier alpha value is -8.35. The van der Waals surface area contributed by atoms with Gasteiger partial charge in [0.15, 0.2) is 0 Å². The van der Waals surface area contributed by atoms with Gasteiger partial charge >= 0.3 is 6.03 Å². The Bertz CT molecular complexity index is 4320. The summed E-state index contributed by atoms with van der Waals surface area (Å²) in [5.74, 6) is -1.59. The van der Waals surface area contributed by atoms with Crippen LogP contribution in [0, 0.1) is 27.7 Å². The molecule has 0 saturated carbocycles. The lowest BCUT2D eigenvalue weighted by molar-refractivity contribution is 0.262. The summed E-state index contributed by atoms with van der Waals surface area (Å²) in [6, 6.07) is 15.1. The van der Waals surface area contributed by atoms with E-state index in [9.17, 15) is 82.6 Å². The molecule has 0 aliphatic carbocycles. The fourth-order valence-electron chi connectivity index (χ4n) is 7.69. The van der Waals surface area contributed by atoms with Crippen molar-refractivity contribution in [3.63, 3.8) is 0 Å². The maximum Gasteiger partial charge on any atom is 0.323 e. The molecule has 0 bridgehead atoms. The molecule has 0 radical (unpaired) electrons. The number of carbonyl (C=O) groups excluding carboxylic acids is 1. The lowest BCUT2D eigenvalue weighted by Gasteiger charge is -2.15. The number of urea groups is 1. The van der Waals surface area contributed by atoms with Crippen LogP contribution >= 0.6 is 0 Å². The van der Waals surface area contributed by atoms with Gasteiger partial charge in [-0.2, -0.15) is 60.7 Å². The molecule has 33 nitrogen and oxygen atoms in total. The van der Waals surface area contributed by atoms with Gasteiger partial charge in [-0.15, -0.1) is 30.7 Å². The number of aryl methyl sites for hydroxylation is 4. The first-order valence-electron chi connectivity index (χ1n) is 25.8. The summed E-state index contributed by atoms with van der Waals surface area (Å²) >= 11 is 0. The van der Waals surface area contributed by atoms with Gasteiger partial charge in [-0.1, -0.05) is 0 Å². The molecule has 6 aromatic carbocycles. The molecule has 39 heteroatoms.